The molecule has 0 radical (unpaired) electrons. The fourth-order valence-electron chi connectivity index (χ4n) is 4.28. The number of nitrogens with two attached hydrogens (primary N) is 1. The topological polar surface area (TPSA) is 82.8 Å². The molecular weight excluding hydrogens is 326 g/mol. The number of primary amides is 1. The summed E-state index contributed by atoms with van der Waals surface area (Å²) < 4.78 is 0. The largest absolute Gasteiger partial charge is 0.369 e. The van der Waals surface area contributed by atoms with Crippen LogP contribution in [-0.4, -0.2) is 56.5 Å². The number of aliphatic imine (C=N–C) groups is 1. The number of rotatable bonds is 10. The van der Waals surface area contributed by atoms with Crippen LogP contribution >= 0.6 is 0 Å². The first-order valence-electron chi connectivity index (χ1n) is 10.6. The van der Waals surface area contributed by atoms with Crippen molar-refractivity contribution >= 4 is 11.9 Å². The predicted molar refractivity (Wildman–Crippen MR) is 108 cm³/mol. The zero-order chi connectivity index (χ0) is 18.6. The zero-order valence-corrected chi connectivity index (χ0v) is 16.6. The lowest BCUT2D eigenvalue weighted by molar-refractivity contribution is -0.123. The average Bonchev–Trinajstić information content (AvgIpc) is 3.17. The molecule has 0 aromatic heterocycles. The predicted octanol–water partition coefficient (Wildman–Crippen LogP) is 2.10. The Bertz CT molecular complexity index is 434. The van der Waals surface area contributed by atoms with E-state index >= 15 is 0 Å². The molecule has 1 atom stereocenters. The van der Waals surface area contributed by atoms with E-state index in [0.717, 1.165) is 63.9 Å². The molecule has 2 aliphatic rings. The van der Waals surface area contributed by atoms with Crippen LogP contribution in [0.5, 0.6) is 0 Å². The SMILES string of the molecule is CN=C(NCCCCC1CCCC1)NCCCN1CCCC(C(N)=O)C1. The van der Waals surface area contributed by atoms with Gasteiger partial charge in [0, 0.05) is 26.7 Å². The molecule has 0 aromatic rings. The van der Waals surface area contributed by atoms with Crippen molar-refractivity contribution in [1.82, 2.24) is 15.5 Å². The first-order chi connectivity index (χ1) is 12.7. The Hall–Kier alpha value is -1.30. The Labute approximate surface area is 159 Å². The number of piperidine rings is 1. The molecule has 150 valence electrons. The summed E-state index contributed by atoms with van der Waals surface area (Å²) in [5.41, 5.74) is 5.44. The molecule has 0 aromatic carbocycles. The lowest BCUT2D eigenvalue weighted by Crippen LogP contribution is -2.43. The van der Waals surface area contributed by atoms with E-state index in [-0.39, 0.29) is 11.8 Å². The van der Waals surface area contributed by atoms with Crippen molar-refractivity contribution in [1.29, 1.82) is 0 Å². The van der Waals surface area contributed by atoms with Crippen molar-refractivity contribution in [2.45, 2.75) is 64.2 Å². The van der Waals surface area contributed by atoms with Gasteiger partial charge in [-0.1, -0.05) is 38.5 Å². The molecule has 1 amide bonds. The highest BCUT2D eigenvalue weighted by Gasteiger charge is 2.23. The van der Waals surface area contributed by atoms with Crippen LogP contribution in [0.3, 0.4) is 0 Å². The van der Waals surface area contributed by atoms with Gasteiger partial charge in [0.1, 0.15) is 0 Å². The molecule has 1 aliphatic heterocycles. The summed E-state index contributed by atoms with van der Waals surface area (Å²) in [5, 5.41) is 6.81. The van der Waals surface area contributed by atoms with Crippen molar-refractivity contribution in [2.75, 3.05) is 39.8 Å². The van der Waals surface area contributed by atoms with Crippen molar-refractivity contribution in [3.8, 4) is 0 Å². The molecule has 1 aliphatic carbocycles. The minimum atomic E-state index is -0.148. The van der Waals surface area contributed by atoms with Gasteiger partial charge in [0.25, 0.3) is 0 Å². The highest BCUT2D eigenvalue weighted by Crippen LogP contribution is 2.28. The van der Waals surface area contributed by atoms with E-state index in [9.17, 15) is 4.79 Å². The highest BCUT2D eigenvalue weighted by molar-refractivity contribution is 5.79. The number of nitrogens with one attached hydrogen (secondary N) is 2. The molecule has 1 saturated heterocycles. The van der Waals surface area contributed by atoms with Crippen LogP contribution in [0.15, 0.2) is 4.99 Å². The van der Waals surface area contributed by atoms with Crippen molar-refractivity contribution in [3.05, 3.63) is 0 Å². The van der Waals surface area contributed by atoms with Crippen LogP contribution in [0.25, 0.3) is 0 Å². The normalized spacial score (nSPS) is 22.5. The molecule has 1 saturated carbocycles. The molecule has 0 spiro atoms. The van der Waals surface area contributed by atoms with E-state index in [1.54, 1.807) is 0 Å². The first kappa shape index (κ1) is 21.0. The van der Waals surface area contributed by atoms with Crippen LogP contribution in [0.4, 0.5) is 0 Å². The molecule has 0 bridgehead atoms. The second-order valence-electron chi connectivity index (χ2n) is 7.97. The maximum atomic E-state index is 11.3. The van der Waals surface area contributed by atoms with Crippen molar-refractivity contribution in [2.24, 2.45) is 22.6 Å². The van der Waals surface area contributed by atoms with E-state index in [2.05, 4.69) is 20.5 Å². The Balaban J connectivity index is 1.48. The van der Waals surface area contributed by atoms with Crippen molar-refractivity contribution in [3.63, 3.8) is 0 Å². The maximum Gasteiger partial charge on any atom is 0.221 e. The highest BCUT2D eigenvalue weighted by atomic mass is 16.1. The number of carbonyl (C=O) groups excluding carboxylic acids is 1. The van der Waals surface area contributed by atoms with Gasteiger partial charge >= 0.3 is 0 Å². The second-order valence-corrected chi connectivity index (χ2v) is 7.97. The monoisotopic (exact) mass is 365 g/mol. The number of guanidine groups is 1. The van der Waals surface area contributed by atoms with E-state index in [1.807, 2.05) is 7.05 Å². The summed E-state index contributed by atoms with van der Waals surface area (Å²) in [6, 6.07) is 0. The van der Waals surface area contributed by atoms with Gasteiger partial charge in [-0.05, 0) is 44.7 Å². The molecule has 1 heterocycles. The molecule has 6 nitrogen and oxygen atoms in total. The van der Waals surface area contributed by atoms with E-state index in [4.69, 9.17) is 5.73 Å². The number of amides is 1. The Morgan fingerprint density at radius 3 is 2.50 bits per heavy atom. The quantitative estimate of drug-likeness (QED) is 0.314. The van der Waals surface area contributed by atoms with Crippen LogP contribution in [0, 0.1) is 11.8 Å². The Morgan fingerprint density at radius 1 is 1.08 bits per heavy atom. The lowest BCUT2D eigenvalue weighted by atomic mass is 9.97. The van der Waals surface area contributed by atoms with E-state index in [1.165, 1.54) is 44.9 Å². The molecule has 6 heteroatoms. The lowest BCUT2D eigenvalue weighted by Gasteiger charge is -2.31. The number of unbranched alkanes of at least 4 members (excludes halogenated alkanes) is 1. The third kappa shape index (κ3) is 7.94. The second kappa shape index (κ2) is 12.2. The smallest absolute Gasteiger partial charge is 0.221 e. The molecule has 2 fully saturated rings. The van der Waals surface area contributed by atoms with Crippen LogP contribution in [0.1, 0.15) is 64.2 Å². The number of likely N-dealkylation sites (tertiary alicyclic amines) is 1. The van der Waals surface area contributed by atoms with Crippen molar-refractivity contribution < 1.29 is 4.79 Å². The molecule has 26 heavy (non-hydrogen) atoms. The standard InChI is InChI=1S/C20H39N5O/c1-22-20(23-12-5-4-10-17-8-2-3-9-17)24-13-7-15-25-14-6-11-18(16-25)19(21)26/h17-18H,2-16H2,1H3,(H2,21,26)(H2,22,23,24). The summed E-state index contributed by atoms with van der Waals surface area (Å²) in [6.07, 6.45) is 12.8. The van der Waals surface area contributed by atoms with Gasteiger partial charge in [0.15, 0.2) is 5.96 Å². The molecule has 4 N–H and O–H groups in total. The summed E-state index contributed by atoms with van der Waals surface area (Å²) in [7, 11) is 1.83. The van der Waals surface area contributed by atoms with Gasteiger partial charge in [-0.15, -0.1) is 0 Å². The molecule has 2 rings (SSSR count). The molecular formula is C20H39N5O. The Kier molecular flexibility index (Phi) is 9.82. The minimum absolute atomic E-state index is 0.0374. The third-order valence-electron chi connectivity index (χ3n) is 5.88. The summed E-state index contributed by atoms with van der Waals surface area (Å²) in [4.78, 5) is 18.0. The summed E-state index contributed by atoms with van der Waals surface area (Å²) in [6.45, 7) is 4.81. The van der Waals surface area contributed by atoms with Gasteiger partial charge in [0.05, 0.1) is 5.92 Å². The first-order valence-corrected chi connectivity index (χ1v) is 10.6. The summed E-state index contributed by atoms with van der Waals surface area (Å²) >= 11 is 0. The molecule has 1 unspecified atom stereocenters. The van der Waals surface area contributed by atoms with Crippen LogP contribution in [0.2, 0.25) is 0 Å². The summed E-state index contributed by atoms with van der Waals surface area (Å²) in [5.74, 6) is 1.79. The van der Waals surface area contributed by atoms with Gasteiger partial charge in [0.2, 0.25) is 5.91 Å². The number of carbonyl (C=O) groups is 1. The average molecular weight is 366 g/mol. The van der Waals surface area contributed by atoms with Gasteiger partial charge in [-0.25, -0.2) is 0 Å². The number of hydrogen-bond acceptors (Lipinski definition) is 3. The third-order valence-corrected chi connectivity index (χ3v) is 5.88. The Morgan fingerprint density at radius 2 is 1.81 bits per heavy atom. The fourth-order valence-corrected chi connectivity index (χ4v) is 4.28. The van der Waals surface area contributed by atoms with E-state index in [0.29, 0.717) is 0 Å². The fraction of sp³-hybridized carbons (Fsp3) is 0.900. The van der Waals surface area contributed by atoms with Gasteiger partial charge in [-0.2, -0.15) is 0 Å². The van der Waals surface area contributed by atoms with Crippen LogP contribution < -0.4 is 16.4 Å². The van der Waals surface area contributed by atoms with Gasteiger partial charge < -0.3 is 21.3 Å². The number of hydrogen-bond donors (Lipinski definition) is 3. The van der Waals surface area contributed by atoms with Crippen LogP contribution in [-0.2, 0) is 4.79 Å². The van der Waals surface area contributed by atoms with Gasteiger partial charge in [-0.3, -0.25) is 9.79 Å². The maximum absolute atomic E-state index is 11.3. The minimum Gasteiger partial charge on any atom is -0.369 e. The zero-order valence-electron chi connectivity index (χ0n) is 16.6. The number of nitrogens with zero attached hydrogens (tertiary/aromatic N) is 2. The van der Waals surface area contributed by atoms with E-state index < -0.39 is 0 Å².